The molecule has 1 aromatic heterocycles. The number of carbonyl (C=O) groups excluding carboxylic acids is 1. The van der Waals surface area contributed by atoms with Crippen LogP contribution >= 0.6 is 0 Å². The molecule has 70 valence electrons. The Bertz CT molecular complexity index is 316. The smallest absolute Gasteiger partial charge is 0.320 e. The van der Waals surface area contributed by atoms with Gasteiger partial charge in [0.2, 0.25) is 0 Å². The Labute approximate surface area is 75.9 Å². The summed E-state index contributed by atoms with van der Waals surface area (Å²) in [7, 11) is 0. The molecular weight excluding hydrogens is 168 g/mol. The van der Waals surface area contributed by atoms with E-state index < -0.39 is 0 Å². The fraction of sp³-hybridized carbons (Fsp3) is 0.500. The van der Waals surface area contributed by atoms with Crippen LogP contribution in [0.1, 0.15) is 18.4 Å². The quantitative estimate of drug-likeness (QED) is 0.635. The van der Waals surface area contributed by atoms with Crippen molar-refractivity contribution < 1.29 is 4.79 Å². The number of hydrogen-bond donors (Lipinski definition) is 3. The van der Waals surface area contributed by atoms with E-state index in [0.717, 1.165) is 18.4 Å². The maximum absolute atomic E-state index is 11.2. The molecule has 1 fully saturated rings. The third kappa shape index (κ3) is 1.99. The van der Waals surface area contributed by atoms with Crippen LogP contribution in [-0.4, -0.2) is 22.3 Å². The summed E-state index contributed by atoms with van der Waals surface area (Å²) in [6.07, 6.45) is 3.86. The van der Waals surface area contributed by atoms with Crippen molar-refractivity contribution >= 4 is 11.8 Å². The first-order valence-electron chi connectivity index (χ1n) is 4.33. The zero-order valence-corrected chi connectivity index (χ0v) is 7.42. The van der Waals surface area contributed by atoms with E-state index in [-0.39, 0.29) is 6.03 Å². The van der Waals surface area contributed by atoms with Crippen molar-refractivity contribution in [3.63, 3.8) is 0 Å². The van der Waals surface area contributed by atoms with Gasteiger partial charge in [0.1, 0.15) is 5.82 Å². The number of urea groups is 1. The van der Waals surface area contributed by atoms with Gasteiger partial charge in [-0.3, -0.25) is 10.4 Å². The van der Waals surface area contributed by atoms with E-state index in [4.69, 9.17) is 0 Å². The average molecular weight is 180 g/mol. The van der Waals surface area contributed by atoms with Gasteiger partial charge in [-0.05, 0) is 19.8 Å². The number of amides is 2. The lowest BCUT2D eigenvalue weighted by atomic mass is 10.4. The Kier molecular flexibility index (Phi) is 1.92. The minimum Gasteiger partial charge on any atom is -0.335 e. The standard InChI is InChI=1S/C8H12N4O/c1-5-4-9-12-7(5)11-8(13)10-6-2-3-6/h4,6H,2-3H2,1H3,(H3,9,10,11,12,13). The zero-order chi connectivity index (χ0) is 9.26. The van der Waals surface area contributed by atoms with E-state index in [1.165, 1.54) is 0 Å². The molecule has 2 rings (SSSR count). The fourth-order valence-electron chi connectivity index (χ4n) is 1.04. The van der Waals surface area contributed by atoms with Gasteiger partial charge in [0.15, 0.2) is 0 Å². The molecule has 0 atom stereocenters. The molecule has 3 N–H and O–H groups in total. The van der Waals surface area contributed by atoms with Gasteiger partial charge in [0.25, 0.3) is 0 Å². The topological polar surface area (TPSA) is 69.8 Å². The third-order valence-electron chi connectivity index (χ3n) is 1.98. The van der Waals surface area contributed by atoms with Gasteiger partial charge in [-0.1, -0.05) is 0 Å². The number of aromatic amines is 1. The molecule has 1 aliphatic rings. The first-order chi connectivity index (χ1) is 6.25. The van der Waals surface area contributed by atoms with Crippen LogP contribution in [0.5, 0.6) is 0 Å². The number of aryl methyl sites for hydroxylation is 1. The molecule has 13 heavy (non-hydrogen) atoms. The highest BCUT2D eigenvalue weighted by Gasteiger charge is 2.23. The molecule has 5 nitrogen and oxygen atoms in total. The van der Waals surface area contributed by atoms with Crippen molar-refractivity contribution in [3.05, 3.63) is 11.8 Å². The number of anilines is 1. The maximum Gasteiger partial charge on any atom is 0.320 e. The van der Waals surface area contributed by atoms with Gasteiger partial charge in [0.05, 0.1) is 6.20 Å². The van der Waals surface area contributed by atoms with Crippen LogP contribution in [0.3, 0.4) is 0 Å². The van der Waals surface area contributed by atoms with Crippen LogP contribution < -0.4 is 10.6 Å². The van der Waals surface area contributed by atoms with Crippen LogP contribution in [0.15, 0.2) is 6.20 Å². The highest BCUT2D eigenvalue weighted by Crippen LogP contribution is 2.18. The molecule has 0 aromatic carbocycles. The van der Waals surface area contributed by atoms with Crippen LogP contribution in [0.25, 0.3) is 0 Å². The Morgan fingerprint density at radius 1 is 1.69 bits per heavy atom. The van der Waals surface area contributed by atoms with Gasteiger partial charge in [-0.25, -0.2) is 4.79 Å². The Hall–Kier alpha value is -1.52. The van der Waals surface area contributed by atoms with Crippen molar-refractivity contribution in [2.75, 3.05) is 5.32 Å². The van der Waals surface area contributed by atoms with E-state index in [1.54, 1.807) is 6.20 Å². The van der Waals surface area contributed by atoms with Crippen molar-refractivity contribution in [2.45, 2.75) is 25.8 Å². The summed E-state index contributed by atoms with van der Waals surface area (Å²) in [6.45, 7) is 1.89. The number of aromatic nitrogens is 2. The number of rotatable bonds is 2. The first kappa shape index (κ1) is 8.10. The minimum atomic E-state index is -0.158. The summed E-state index contributed by atoms with van der Waals surface area (Å²) in [5.41, 5.74) is 0.936. The van der Waals surface area contributed by atoms with Gasteiger partial charge >= 0.3 is 6.03 Å². The summed E-state index contributed by atoms with van der Waals surface area (Å²) >= 11 is 0. The van der Waals surface area contributed by atoms with Crippen LogP contribution in [0.4, 0.5) is 10.6 Å². The highest BCUT2D eigenvalue weighted by atomic mass is 16.2. The zero-order valence-electron chi connectivity index (χ0n) is 7.42. The fourth-order valence-corrected chi connectivity index (χ4v) is 1.04. The highest BCUT2D eigenvalue weighted by molar-refractivity contribution is 5.89. The Balaban J connectivity index is 1.89. The van der Waals surface area contributed by atoms with Crippen molar-refractivity contribution in [1.29, 1.82) is 0 Å². The van der Waals surface area contributed by atoms with Crippen molar-refractivity contribution in [1.82, 2.24) is 15.5 Å². The molecule has 5 heteroatoms. The number of nitrogens with zero attached hydrogens (tertiary/aromatic N) is 1. The van der Waals surface area contributed by atoms with E-state index in [2.05, 4.69) is 20.8 Å². The Morgan fingerprint density at radius 2 is 2.46 bits per heavy atom. The summed E-state index contributed by atoms with van der Waals surface area (Å²) in [4.78, 5) is 11.2. The van der Waals surface area contributed by atoms with E-state index in [1.807, 2.05) is 6.92 Å². The van der Waals surface area contributed by atoms with Gasteiger partial charge < -0.3 is 5.32 Å². The number of hydrogen-bond acceptors (Lipinski definition) is 2. The predicted molar refractivity (Wildman–Crippen MR) is 48.5 cm³/mol. The van der Waals surface area contributed by atoms with Crippen molar-refractivity contribution in [3.8, 4) is 0 Å². The van der Waals surface area contributed by atoms with Crippen LogP contribution in [-0.2, 0) is 0 Å². The molecule has 0 aliphatic heterocycles. The van der Waals surface area contributed by atoms with Gasteiger partial charge in [0, 0.05) is 11.6 Å². The molecule has 0 bridgehead atoms. The second-order valence-electron chi connectivity index (χ2n) is 3.30. The first-order valence-corrected chi connectivity index (χ1v) is 4.33. The average Bonchev–Trinajstić information content (AvgIpc) is 2.79. The molecule has 0 saturated heterocycles. The largest absolute Gasteiger partial charge is 0.335 e. The molecule has 1 heterocycles. The van der Waals surface area contributed by atoms with Gasteiger partial charge in [-0.15, -0.1) is 0 Å². The minimum absolute atomic E-state index is 0.158. The SMILES string of the molecule is Cc1cn[nH]c1NC(=O)NC1CC1. The molecule has 0 unspecified atom stereocenters. The molecule has 2 amide bonds. The summed E-state index contributed by atoms with van der Waals surface area (Å²) in [5, 5.41) is 12.0. The van der Waals surface area contributed by atoms with Crippen LogP contribution in [0.2, 0.25) is 0 Å². The molecule has 1 saturated carbocycles. The van der Waals surface area contributed by atoms with E-state index >= 15 is 0 Å². The Morgan fingerprint density at radius 3 is 3.00 bits per heavy atom. The molecule has 0 spiro atoms. The summed E-state index contributed by atoms with van der Waals surface area (Å²) in [5.74, 6) is 0.665. The molecule has 0 radical (unpaired) electrons. The number of nitrogens with one attached hydrogen (secondary N) is 3. The van der Waals surface area contributed by atoms with E-state index in [0.29, 0.717) is 11.9 Å². The second kappa shape index (κ2) is 3.08. The van der Waals surface area contributed by atoms with Crippen molar-refractivity contribution in [2.24, 2.45) is 0 Å². The third-order valence-corrected chi connectivity index (χ3v) is 1.98. The maximum atomic E-state index is 11.2. The molecule has 1 aliphatic carbocycles. The van der Waals surface area contributed by atoms with Gasteiger partial charge in [-0.2, -0.15) is 5.10 Å². The summed E-state index contributed by atoms with van der Waals surface area (Å²) < 4.78 is 0. The lowest BCUT2D eigenvalue weighted by Crippen LogP contribution is -2.30. The lowest BCUT2D eigenvalue weighted by molar-refractivity contribution is 0.251. The molecule has 1 aromatic rings. The normalized spacial score (nSPS) is 15.5. The lowest BCUT2D eigenvalue weighted by Gasteiger charge is -2.04. The van der Waals surface area contributed by atoms with E-state index in [9.17, 15) is 4.79 Å². The molecular formula is C8H12N4O. The monoisotopic (exact) mass is 180 g/mol. The summed E-state index contributed by atoms with van der Waals surface area (Å²) in [6, 6.07) is 0.220. The predicted octanol–water partition coefficient (Wildman–Crippen LogP) is 1.00. The number of H-pyrrole nitrogens is 1. The number of carbonyl (C=O) groups is 1. The van der Waals surface area contributed by atoms with Crippen LogP contribution in [0, 0.1) is 6.92 Å². The second-order valence-corrected chi connectivity index (χ2v) is 3.30.